The summed E-state index contributed by atoms with van der Waals surface area (Å²) in [5, 5.41) is 2.85. The summed E-state index contributed by atoms with van der Waals surface area (Å²) >= 11 is 0. The Bertz CT molecular complexity index is 1200. The highest BCUT2D eigenvalue weighted by Gasteiger charge is 2.23. The van der Waals surface area contributed by atoms with Gasteiger partial charge in [-0.3, -0.25) is 4.79 Å². The third-order valence-corrected chi connectivity index (χ3v) is 4.30. The fourth-order valence-electron chi connectivity index (χ4n) is 2.77. The van der Waals surface area contributed by atoms with E-state index in [0.717, 1.165) is 5.56 Å². The average molecular weight is 409 g/mol. The van der Waals surface area contributed by atoms with Crippen molar-refractivity contribution in [1.82, 2.24) is 0 Å². The molecule has 0 bridgehead atoms. The summed E-state index contributed by atoms with van der Waals surface area (Å²) < 4.78 is 5.10. The molecule has 3 aromatic rings. The standard InChI is InChI=1S/C25H19N3O3/c1-18-14-15-22(27-24(29)20-11-6-3-7-12-20)21(17-18)13-8-16-31-25(30)23(28-26)19-9-4-2-5-10-19/h2-7,9-12,14-15,17H,16H2,1H3,(H,27,29). The van der Waals surface area contributed by atoms with Gasteiger partial charge in [-0.15, -0.1) is 0 Å². The second kappa shape index (κ2) is 10.4. The van der Waals surface area contributed by atoms with Crippen molar-refractivity contribution in [2.24, 2.45) is 0 Å². The number of carbonyl (C=O) groups is 2. The molecule has 31 heavy (non-hydrogen) atoms. The van der Waals surface area contributed by atoms with Crippen LogP contribution >= 0.6 is 0 Å². The molecule has 0 unspecified atom stereocenters. The minimum Gasteiger partial charge on any atom is -0.444 e. The van der Waals surface area contributed by atoms with Crippen molar-refractivity contribution in [3.63, 3.8) is 0 Å². The molecular formula is C25H19N3O3. The molecule has 3 rings (SSSR count). The van der Waals surface area contributed by atoms with Crippen molar-refractivity contribution in [2.45, 2.75) is 6.92 Å². The van der Waals surface area contributed by atoms with E-state index in [1.807, 2.05) is 25.1 Å². The fourth-order valence-corrected chi connectivity index (χ4v) is 2.77. The zero-order valence-electron chi connectivity index (χ0n) is 16.8. The maximum Gasteiger partial charge on any atom is 0.423 e. The SMILES string of the molecule is Cc1ccc(NC(=O)c2ccccc2)c(C#CCOC(=O)C(=[N+]=[N-])c2ccccc2)c1. The number of ether oxygens (including phenoxy) is 1. The van der Waals surface area contributed by atoms with Gasteiger partial charge in [0.15, 0.2) is 6.61 Å². The number of carbonyl (C=O) groups excluding carboxylic acids is 2. The first kappa shape index (κ1) is 21.3. The molecule has 6 heteroatoms. The lowest BCUT2D eigenvalue weighted by Crippen LogP contribution is -2.20. The average Bonchev–Trinajstić information content (AvgIpc) is 2.80. The number of hydrogen-bond donors (Lipinski definition) is 1. The van der Waals surface area contributed by atoms with Gasteiger partial charge in [-0.1, -0.05) is 54.3 Å². The van der Waals surface area contributed by atoms with Gasteiger partial charge in [-0.25, -0.2) is 4.79 Å². The van der Waals surface area contributed by atoms with Crippen molar-refractivity contribution in [2.75, 3.05) is 11.9 Å². The van der Waals surface area contributed by atoms with Crippen LogP contribution in [0.15, 0.2) is 78.9 Å². The lowest BCUT2D eigenvalue weighted by Gasteiger charge is -2.08. The molecule has 0 aliphatic rings. The van der Waals surface area contributed by atoms with E-state index in [1.54, 1.807) is 60.7 Å². The Labute approximate surface area is 180 Å². The summed E-state index contributed by atoms with van der Waals surface area (Å²) in [7, 11) is 0. The van der Waals surface area contributed by atoms with Crippen LogP contribution in [0.25, 0.3) is 5.53 Å². The topological polar surface area (TPSA) is 91.8 Å². The molecule has 6 nitrogen and oxygen atoms in total. The van der Waals surface area contributed by atoms with Crippen LogP contribution in [0.3, 0.4) is 0 Å². The second-order valence-corrected chi connectivity index (χ2v) is 6.56. The van der Waals surface area contributed by atoms with E-state index >= 15 is 0 Å². The van der Waals surface area contributed by atoms with Crippen LogP contribution in [-0.4, -0.2) is 29.0 Å². The molecule has 152 valence electrons. The lowest BCUT2D eigenvalue weighted by molar-refractivity contribution is -0.138. The lowest BCUT2D eigenvalue weighted by atomic mass is 10.1. The molecule has 0 saturated carbocycles. The van der Waals surface area contributed by atoms with Gasteiger partial charge in [-0.2, -0.15) is 4.79 Å². The van der Waals surface area contributed by atoms with Crippen LogP contribution < -0.4 is 5.32 Å². The number of benzene rings is 3. The van der Waals surface area contributed by atoms with E-state index in [9.17, 15) is 9.59 Å². The quantitative estimate of drug-likeness (QED) is 0.228. The molecular weight excluding hydrogens is 390 g/mol. The van der Waals surface area contributed by atoms with Gasteiger partial charge in [0.05, 0.1) is 11.3 Å². The maximum absolute atomic E-state index is 12.4. The number of nitrogens with zero attached hydrogens (tertiary/aromatic N) is 2. The van der Waals surface area contributed by atoms with Crippen LogP contribution in [0, 0.1) is 18.8 Å². The van der Waals surface area contributed by atoms with E-state index in [0.29, 0.717) is 22.4 Å². The minimum atomic E-state index is -0.787. The normalized spacial score (nSPS) is 9.58. The van der Waals surface area contributed by atoms with Crippen molar-refractivity contribution in [1.29, 1.82) is 0 Å². The molecule has 3 aromatic carbocycles. The molecule has 0 aliphatic carbocycles. The molecule has 0 spiro atoms. The van der Waals surface area contributed by atoms with E-state index in [4.69, 9.17) is 10.3 Å². The van der Waals surface area contributed by atoms with Crippen molar-refractivity contribution in [3.8, 4) is 11.8 Å². The summed E-state index contributed by atoms with van der Waals surface area (Å²) in [5.41, 5.74) is 12.0. The number of aryl methyl sites for hydroxylation is 1. The third kappa shape index (κ3) is 5.77. The Balaban J connectivity index is 1.69. The van der Waals surface area contributed by atoms with Gasteiger partial charge in [0.25, 0.3) is 5.91 Å². The van der Waals surface area contributed by atoms with E-state index in [-0.39, 0.29) is 18.2 Å². The van der Waals surface area contributed by atoms with Crippen LogP contribution in [0.2, 0.25) is 0 Å². The molecule has 0 fully saturated rings. The second-order valence-electron chi connectivity index (χ2n) is 6.56. The Kier molecular flexibility index (Phi) is 7.10. The number of nitrogens with one attached hydrogen (secondary N) is 1. The Morgan fingerprint density at radius 3 is 2.26 bits per heavy atom. The van der Waals surface area contributed by atoms with E-state index in [1.165, 1.54) is 0 Å². The van der Waals surface area contributed by atoms with Gasteiger partial charge in [0.2, 0.25) is 0 Å². The fraction of sp³-hybridized carbons (Fsp3) is 0.0800. The predicted molar refractivity (Wildman–Crippen MR) is 118 cm³/mol. The molecule has 1 N–H and O–H groups in total. The number of rotatable bonds is 5. The van der Waals surface area contributed by atoms with Crippen LogP contribution in [0.4, 0.5) is 5.69 Å². The van der Waals surface area contributed by atoms with Crippen molar-refractivity contribution >= 4 is 23.3 Å². The Morgan fingerprint density at radius 2 is 1.61 bits per heavy atom. The molecule has 1 amide bonds. The summed E-state index contributed by atoms with van der Waals surface area (Å²) in [6.45, 7) is 1.71. The first-order valence-electron chi connectivity index (χ1n) is 9.49. The third-order valence-electron chi connectivity index (χ3n) is 4.30. The molecule has 0 saturated heterocycles. The number of hydrogen-bond acceptors (Lipinski definition) is 3. The highest BCUT2D eigenvalue weighted by molar-refractivity contribution is 6.40. The van der Waals surface area contributed by atoms with Gasteiger partial charge < -0.3 is 15.6 Å². The van der Waals surface area contributed by atoms with Crippen LogP contribution in [-0.2, 0) is 9.53 Å². The summed E-state index contributed by atoms with van der Waals surface area (Å²) in [6.07, 6.45) is 0. The molecule has 0 radical (unpaired) electrons. The molecule has 0 heterocycles. The zero-order valence-corrected chi connectivity index (χ0v) is 16.8. The molecule has 0 aromatic heterocycles. The summed E-state index contributed by atoms with van der Waals surface area (Å²) in [5.74, 6) is 4.65. The zero-order chi connectivity index (χ0) is 22.1. The number of anilines is 1. The number of amides is 1. The maximum atomic E-state index is 12.4. The van der Waals surface area contributed by atoms with Crippen LogP contribution in [0.1, 0.15) is 27.0 Å². The van der Waals surface area contributed by atoms with Crippen molar-refractivity contribution in [3.05, 3.63) is 107 Å². The first-order chi connectivity index (χ1) is 15.1. The number of esters is 1. The summed E-state index contributed by atoms with van der Waals surface area (Å²) in [4.78, 5) is 27.6. The van der Waals surface area contributed by atoms with Crippen LogP contribution in [0.5, 0.6) is 0 Å². The van der Waals surface area contributed by atoms with E-state index < -0.39 is 5.97 Å². The first-order valence-corrected chi connectivity index (χ1v) is 9.49. The van der Waals surface area contributed by atoms with Gasteiger partial charge >= 0.3 is 11.7 Å². The monoisotopic (exact) mass is 409 g/mol. The Hall–Kier alpha value is -4.46. The minimum absolute atomic E-state index is 0.200. The molecule has 0 aliphatic heterocycles. The van der Waals surface area contributed by atoms with Crippen molar-refractivity contribution < 1.29 is 19.1 Å². The predicted octanol–water partition coefficient (Wildman–Crippen LogP) is 3.86. The largest absolute Gasteiger partial charge is 0.444 e. The van der Waals surface area contributed by atoms with Gasteiger partial charge in [0, 0.05) is 11.1 Å². The Morgan fingerprint density at radius 1 is 0.968 bits per heavy atom. The van der Waals surface area contributed by atoms with E-state index in [2.05, 4.69) is 21.9 Å². The smallest absolute Gasteiger partial charge is 0.423 e. The summed E-state index contributed by atoms with van der Waals surface area (Å²) in [6, 6.07) is 22.8. The highest BCUT2D eigenvalue weighted by Crippen LogP contribution is 2.17. The highest BCUT2D eigenvalue weighted by atomic mass is 16.5. The van der Waals surface area contributed by atoms with Gasteiger partial charge in [0.1, 0.15) is 0 Å². The van der Waals surface area contributed by atoms with Gasteiger partial charge in [-0.05, 0) is 48.9 Å². The molecule has 0 atom stereocenters.